The Morgan fingerprint density at radius 2 is 2.20 bits per heavy atom. The summed E-state index contributed by atoms with van der Waals surface area (Å²) >= 11 is 0. The molecule has 1 unspecified atom stereocenters. The molecule has 0 spiro atoms. The molecule has 20 heavy (non-hydrogen) atoms. The number of anilines is 1. The number of aliphatic hydroxyl groups excluding tert-OH is 1. The number of Topliss-reactive ketones (excluding diaryl/α,β-unsaturated/α-hetero) is 1. The summed E-state index contributed by atoms with van der Waals surface area (Å²) in [6.45, 7) is 4.36. The Morgan fingerprint density at radius 3 is 2.75 bits per heavy atom. The van der Waals surface area contributed by atoms with Crippen molar-refractivity contribution in [3.05, 3.63) is 28.6 Å². The zero-order valence-corrected chi connectivity index (χ0v) is 11.8. The average Bonchev–Trinajstić information content (AvgIpc) is 2.38. The Bertz CT molecular complexity index is 597. The highest BCUT2D eigenvalue weighted by Crippen LogP contribution is 2.40. The first-order valence-electron chi connectivity index (χ1n) is 6.55. The third kappa shape index (κ3) is 2.22. The van der Waals surface area contributed by atoms with Gasteiger partial charge in [0.1, 0.15) is 5.82 Å². The zero-order valence-electron chi connectivity index (χ0n) is 11.8. The maximum absolute atomic E-state index is 13.9. The number of hydrogen-bond donors (Lipinski definition) is 2. The summed E-state index contributed by atoms with van der Waals surface area (Å²) < 4.78 is 13.9. The number of amides is 1. The van der Waals surface area contributed by atoms with Crippen LogP contribution in [0.25, 0.3) is 0 Å². The quantitative estimate of drug-likeness (QED) is 0.872. The second-order valence-corrected chi connectivity index (χ2v) is 5.61. The Kier molecular flexibility index (Phi) is 3.65. The number of aliphatic hydroxyl groups is 1. The van der Waals surface area contributed by atoms with E-state index in [-0.39, 0.29) is 24.0 Å². The third-order valence-corrected chi connectivity index (χ3v) is 4.01. The molecule has 1 aliphatic rings. The number of ketones is 1. The van der Waals surface area contributed by atoms with Gasteiger partial charge in [-0.15, -0.1) is 0 Å². The van der Waals surface area contributed by atoms with Crippen molar-refractivity contribution in [2.24, 2.45) is 5.41 Å². The number of hydrogen-bond acceptors (Lipinski definition) is 3. The molecule has 1 aliphatic carbocycles. The van der Waals surface area contributed by atoms with Crippen LogP contribution >= 0.6 is 0 Å². The number of fused-ring (bicyclic) bond motifs is 1. The van der Waals surface area contributed by atoms with E-state index in [0.29, 0.717) is 29.5 Å². The SMILES string of the molecule is CC(=O)Nc1cc(F)c(C)c2c1C(=O)C(C)(CO)CC2. The first-order chi connectivity index (χ1) is 9.30. The molecule has 0 saturated carbocycles. The van der Waals surface area contributed by atoms with Gasteiger partial charge < -0.3 is 10.4 Å². The van der Waals surface area contributed by atoms with Crippen molar-refractivity contribution < 1.29 is 19.1 Å². The molecule has 0 fully saturated rings. The van der Waals surface area contributed by atoms with E-state index < -0.39 is 11.2 Å². The normalized spacial score (nSPS) is 21.6. The summed E-state index contributed by atoms with van der Waals surface area (Å²) in [7, 11) is 0. The van der Waals surface area contributed by atoms with Gasteiger partial charge in [-0.25, -0.2) is 4.39 Å². The van der Waals surface area contributed by atoms with Gasteiger partial charge in [0, 0.05) is 12.5 Å². The Morgan fingerprint density at radius 1 is 1.55 bits per heavy atom. The molecule has 0 heterocycles. The van der Waals surface area contributed by atoms with Crippen LogP contribution in [-0.2, 0) is 11.2 Å². The number of carbonyl (C=O) groups excluding carboxylic acids is 2. The van der Waals surface area contributed by atoms with Crippen LogP contribution in [0.15, 0.2) is 6.07 Å². The third-order valence-electron chi connectivity index (χ3n) is 4.01. The van der Waals surface area contributed by atoms with Crippen molar-refractivity contribution in [1.29, 1.82) is 0 Å². The molecule has 4 nitrogen and oxygen atoms in total. The second kappa shape index (κ2) is 4.98. The van der Waals surface area contributed by atoms with E-state index in [9.17, 15) is 19.1 Å². The minimum atomic E-state index is -0.871. The molecule has 5 heteroatoms. The lowest BCUT2D eigenvalue weighted by Gasteiger charge is -2.33. The van der Waals surface area contributed by atoms with Crippen LogP contribution in [0.4, 0.5) is 10.1 Å². The lowest BCUT2D eigenvalue weighted by Crippen LogP contribution is -2.37. The molecule has 1 atom stereocenters. The molecule has 108 valence electrons. The zero-order chi connectivity index (χ0) is 15.1. The summed E-state index contributed by atoms with van der Waals surface area (Å²) in [4.78, 5) is 23.8. The van der Waals surface area contributed by atoms with Crippen molar-refractivity contribution in [3.63, 3.8) is 0 Å². The van der Waals surface area contributed by atoms with Crippen LogP contribution in [0.1, 0.15) is 41.8 Å². The fourth-order valence-electron chi connectivity index (χ4n) is 2.63. The van der Waals surface area contributed by atoms with Gasteiger partial charge in [-0.3, -0.25) is 9.59 Å². The highest BCUT2D eigenvalue weighted by Gasteiger charge is 2.40. The van der Waals surface area contributed by atoms with Gasteiger partial charge in [0.2, 0.25) is 5.91 Å². The topological polar surface area (TPSA) is 66.4 Å². The molecular weight excluding hydrogens is 261 g/mol. The van der Waals surface area contributed by atoms with Crippen molar-refractivity contribution in [2.75, 3.05) is 11.9 Å². The van der Waals surface area contributed by atoms with Gasteiger partial charge in [0.05, 0.1) is 17.7 Å². The molecule has 0 aliphatic heterocycles. The molecule has 0 saturated heterocycles. The first kappa shape index (κ1) is 14.7. The van der Waals surface area contributed by atoms with E-state index in [1.54, 1.807) is 13.8 Å². The van der Waals surface area contributed by atoms with Crippen LogP contribution in [0, 0.1) is 18.2 Å². The summed E-state index contributed by atoms with van der Waals surface area (Å²) in [5.41, 5.74) is 0.721. The summed E-state index contributed by atoms with van der Waals surface area (Å²) in [5.74, 6) is -1.04. The molecule has 0 radical (unpaired) electrons. The van der Waals surface area contributed by atoms with E-state index in [1.165, 1.54) is 13.0 Å². The Labute approximate surface area is 117 Å². The molecule has 1 aromatic carbocycles. The highest BCUT2D eigenvalue weighted by molar-refractivity contribution is 6.09. The van der Waals surface area contributed by atoms with Gasteiger partial charge in [-0.1, -0.05) is 6.92 Å². The monoisotopic (exact) mass is 279 g/mol. The fraction of sp³-hybridized carbons (Fsp3) is 0.467. The van der Waals surface area contributed by atoms with Gasteiger partial charge in [0.15, 0.2) is 5.78 Å². The smallest absolute Gasteiger partial charge is 0.221 e. The maximum Gasteiger partial charge on any atom is 0.221 e. The maximum atomic E-state index is 13.9. The number of halogens is 1. The Hall–Kier alpha value is -1.75. The molecule has 2 N–H and O–H groups in total. The second-order valence-electron chi connectivity index (χ2n) is 5.61. The number of rotatable bonds is 2. The highest BCUT2D eigenvalue weighted by atomic mass is 19.1. The standard InChI is InChI=1S/C15H18FNO3/c1-8-10-4-5-15(3,7-18)14(20)13(10)12(6-11(8)16)17-9(2)19/h6,18H,4-5,7H2,1-3H3,(H,17,19). The molecule has 0 bridgehead atoms. The fourth-order valence-corrected chi connectivity index (χ4v) is 2.63. The van der Waals surface area contributed by atoms with E-state index >= 15 is 0 Å². The van der Waals surface area contributed by atoms with Gasteiger partial charge in [-0.2, -0.15) is 0 Å². The van der Waals surface area contributed by atoms with Crippen LogP contribution < -0.4 is 5.32 Å². The average molecular weight is 279 g/mol. The first-order valence-corrected chi connectivity index (χ1v) is 6.55. The largest absolute Gasteiger partial charge is 0.395 e. The van der Waals surface area contributed by atoms with Crippen molar-refractivity contribution in [1.82, 2.24) is 0 Å². The molecular formula is C15H18FNO3. The number of carbonyl (C=O) groups is 2. The minimum Gasteiger partial charge on any atom is -0.395 e. The van der Waals surface area contributed by atoms with Gasteiger partial charge in [-0.05, 0) is 37.0 Å². The van der Waals surface area contributed by atoms with Crippen LogP contribution in [-0.4, -0.2) is 23.4 Å². The molecule has 2 rings (SSSR count). The minimum absolute atomic E-state index is 0.194. The summed E-state index contributed by atoms with van der Waals surface area (Å²) in [6, 6.07) is 1.18. The van der Waals surface area contributed by atoms with Crippen LogP contribution in [0.2, 0.25) is 0 Å². The molecule has 1 amide bonds. The lowest BCUT2D eigenvalue weighted by molar-refractivity contribution is -0.114. The van der Waals surface area contributed by atoms with Crippen molar-refractivity contribution >= 4 is 17.4 Å². The number of benzene rings is 1. The lowest BCUT2D eigenvalue weighted by atomic mass is 9.71. The van der Waals surface area contributed by atoms with E-state index in [4.69, 9.17) is 0 Å². The van der Waals surface area contributed by atoms with E-state index in [0.717, 1.165) is 0 Å². The van der Waals surface area contributed by atoms with Crippen LogP contribution in [0.3, 0.4) is 0 Å². The predicted octanol–water partition coefficient (Wildman–Crippen LogP) is 2.22. The van der Waals surface area contributed by atoms with Crippen molar-refractivity contribution in [3.8, 4) is 0 Å². The summed E-state index contributed by atoms with van der Waals surface area (Å²) in [5, 5.41) is 12.0. The predicted molar refractivity (Wildman–Crippen MR) is 73.3 cm³/mol. The number of nitrogens with one attached hydrogen (secondary N) is 1. The van der Waals surface area contributed by atoms with E-state index in [2.05, 4.69) is 5.32 Å². The summed E-state index contributed by atoms with van der Waals surface area (Å²) in [6.07, 6.45) is 0.980. The van der Waals surface area contributed by atoms with Gasteiger partial charge in [0.25, 0.3) is 0 Å². The van der Waals surface area contributed by atoms with Crippen molar-refractivity contribution in [2.45, 2.75) is 33.6 Å². The molecule has 0 aromatic heterocycles. The van der Waals surface area contributed by atoms with Gasteiger partial charge >= 0.3 is 0 Å². The van der Waals surface area contributed by atoms with E-state index in [1.807, 2.05) is 0 Å². The van der Waals surface area contributed by atoms with Crippen LogP contribution in [0.5, 0.6) is 0 Å². The Balaban J connectivity index is 2.66. The molecule has 1 aromatic rings.